The quantitative estimate of drug-likeness (QED) is 0.671. The predicted octanol–water partition coefficient (Wildman–Crippen LogP) is 4.28. The van der Waals surface area contributed by atoms with E-state index in [0.717, 1.165) is 31.4 Å². The molecule has 0 unspecified atom stereocenters. The van der Waals surface area contributed by atoms with E-state index in [1.807, 2.05) is 0 Å². The van der Waals surface area contributed by atoms with Gasteiger partial charge < -0.3 is 4.90 Å². The van der Waals surface area contributed by atoms with E-state index in [9.17, 15) is 26.4 Å². The number of sulfone groups is 1. The van der Waals surface area contributed by atoms with E-state index >= 15 is 0 Å². The largest absolute Gasteiger partial charge is 0.416 e. The highest BCUT2D eigenvalue weighted by atomic mass is 32.2. The van der Waals surface area contributed by atoms with E-state index in [1.54, 1.807) is 0 Å². The monoisotopic (exact) mass is 460 g/mol. The molecule has 3 fully saturated rings. The van der Waals surface area contributed by atoms with Crippen LogP contribution >= 0.6 is 11.8 Å². The van der Waals surface area contributed by atoms with Gasteiger partial charge in [0.15, 0.2) is 15.0 Å². The first-order chi connectivity index (χ1) is 14.1. The minimum Gasteiger partial charge on any atom is -0.316 e. The molecule has 4 rings (SSSR count). The number of aliphatic imine (C=N–C) groups is 1. The standard InChI is InChI=1S/C20H23F3N2O3S2/c21-20(22,23)14-6-3-7-15(10-14)25-16-11-30(27,28)12-17(16)29-19(25)24-18(26)9-8-13-4-1-2-5-13/h3,6-7,10,13,16-17H,1-2,4-5,8-9,11-12H2/t16-,17-/m1/s1. The van der Waals surface area contributed by atoms with Gasteiger partial charge in [-0.05, 0) is 30.5 Å². The number of fused-ring (bicyclic) bond motifs is 1. The molecule has 0 bridgehead atoms. The van der Waals surface area contributed by atoms with E-state index in [4.69, 9.17) is 0 Å². The summed E-state index contributed by atoms with van der Waals surface area (Å²) >= 11 is 1.18. The average Bonchev–Trinajstić information content (AvgIpc) is 3.34. The molecule has 0 N–H and O–H groups in total. The Hall–Kier alpha value is -1.55. The molecule has 2 heterocycles. The van der Waals surface area contributed by atoms with E-state index in [-0.39, 0.29) is 28.4 Å². The van der Waals surface area contributed by atoms with Crippen LogP contribution in [0.1, 0.15) is 44.1 Å². The molecule has 10 heteroatoms. The van der Waals surface area contributed by atoms with Gasteiger partial charge in [0, 0.05) is 17.4 Å². The smallest absolute Gasteiger partial charge is 0.316 e. The Balaban J connectivity index is 1.60. The molecule has 1 aliphatic carbocycles. The Labute approximate surface area is 178 Å². The predicted molar refractivity (Wildman–Crippen MR) is 111 cm³/mol. The van der Waals surface area contributed by atoms with Crippen molar-refractivity contribution in [1.29, 1.82) is 0 Å². The van der Waals surface area contributed by atoms with Crippen molar-refractivity contribution < 1.29 is 26.4 Å². The van der Waals surface area contributed by atoms with E-state index in [0.29, 0.717) is 17.5 Å². The van der Waals surface area contributed by atoms with Gasteiger partial charge in [-0.25, -0.2) is 8.42 Å². The zero-order valence-corrected chi connectivity index (χ0v) is 17.9. The van der Waals surface area contributed by atoms with Gasteiger partial charge in [0.1, 0.15) is 0 Å². The summed E-state index contributed by atoms with van der Waals surface area (Å²) in [6.07, 6.45) is 1.17. The average molecular weight is 461 g/mol. The van der Waals surface area contributed by atoms with Gasteiger partial charge >= 0.3 is 6.18 Å². The Morgan fingerprint density at radius 3 is 2.63 bits per heavy atom. The molecule has 164 valence electrons. The SMILES string of the molecule is O=C(CCC1CCCC1)N=C1S[C@@H]2CS(=O)(=O)C[C@H]2N1c1cccc(C(F)(F)F)c1. The second-order valence-electron chi connectivity index (χ2n) is 8.20. The Kier molecular flexibility index (Phi) is 5.91. The van der Waals surface area contributed by atoms with Crippen LogP contribution in [0.2, 0.25) is 0 Å². The maximum atomic E-state index is 13.2. The van der Waals surface area contributed by atoms with Crippen molar-refractivity contribution in [3.05, 3.63) is 29.8 Å². The number of hydrogen-bond acceptors (Lipinski definition) is 4. The number of carbonyl (C=O) groups excluding carboxylic acids is 1. The number of anilines is 1. The number of amidine groups is 1. The van der Waals surface area contributed by atoms with E-state index in [2.05, 4.69) is 4.99 Å². The van der Waals surface area contributed by atoms with Crippen LogP contribution in [0.3, 0.4) is 0 Å². The first-order valence-corrected chi connectivity index (χ1v) is 12.8. The van der Waals surface area contributed by atoms with Crippen molar-refractivity contribution in [3.8, 4) is 0 Å². The third-order valence-electron chi connectivity index (χ3n) is 5.98. The van der Waals surface area contributed by atoms with Gasteiger partial charge in [-0.3, -0.25) is 4.79 Å². The number of thioether (sulfide) groups is 1. The number of alkyl halides is 3. The van der Waals surface area contributed by atoms with Gasteiger partial charge in [0.05, 0.1) is 23.1 Å². The van der Waals surface area contributed by atoms with Crippen LogP contribution in [-0.4, -0.2) is 42.3 Å². The highest BCUT2D eigenvalue weighted by molar-refractivity contribution is 8.16. The maximum Gasteiger partial charge on any atom is 0.416 e. The highest BCUT2D eigenvalue weighted by Crippen LogP contribution is 2.42. The second kappa shape index (κ2) is 8.18. The third kappa shape index (κ3) is 4.69. The van der Waals surface area contributed by atoms with Crippen molar-refractivity contribution >= 4 is 38.4 Å². The van der Waals surface area contributed by atoms with Crippen LogP contribution in [-0.2, 0) is 20.8 Å². The summed E-state index contributed by atoms with van der Waals surface area (Å²) in [5, 5.41) is -0.0402. The fourth-order valence-corrected chi connectivity index (χ4v) is 8.42. The number of carbonyl (C=O) groups is 1. The summed E-state index contributed by atoms with van der Waals surface area (Å²) in [4.78, 5) is 18.2. The molecule has 5 nitrogen and oxygen atoms in total. The molecule has 2 atom stereocenters. The lowest BCUT2D eigenvalue weighted by atomic mass is 10.0. The first kappa shape index (κ1) is 21.7. The van der Waals surface area contributed by atoms with Gasteiger partial charge in [0.25, 0.3) is 0 Å². The third-order valence-corrected chi connectivity index (χ3v) is 9.19. The van der Waals surface area contributed by atoms with Gasteiger partial charge in [-0.15, -0.1) is 0 Å². The number of rotatable bonds is 4. The minimum absolute atomic E-state index is 0.0624. The summed E-state index contributed by atoms with van der Waals surface area (Å²) < 4.78 is 63.8. The van der Waals surface area contributed by atoms with E-state index < -0.39 is 27.6 Å². The zero-order valence-electron chi connectivity index (χ0n) is 16.3. The van der Waals surface area contributed by atoms with Crippen molar-refractivity contribution in [2.45, 2.75) is 56.0 Å². The fourth-order valence-electron chi connectivity index (χ4n) is 4.49. The Morgan fingerprint density at radius 1 is 1.20 bits per heavy atom. The second-order valence-corrected chi connectivity index (χ2v) is 11.6. The highest BCUT2D eigenvalue weighted by Gasteiger charge is 2.49. The zero-order chi connectivity index (χ0) is 21.5. The Morgan fingerprint density at radius 2 is 1.93 bits per heavy atom. The lowest BCUT2D eigenvalue weighted by molar-refractivity contribution is -0.137. The van der Waals surface area contributed by atoms with Crippen LogP contribution < -0.4 is 4.90 Å². The summed E-state index contributed by atoms with van der Waals surface area (Å²) in [5.74, 6) is 0.0159. The number of halogens is 3. The number of hydrogen-bond donors (Lipinski definition) is 0. The van der Waals surface area contributed by atoms with Crippen LogP contribution in [0.4, 0.5) is 18.9 Å². The molecule has 3 aliphatic rings. The molecule has 1 saturated carbocycles. The van der Waals surface area contributed by atoms with Crippen molar-refractivity contribution in [3.63, 3.8) is 0 Å². The summed E-state index contributed by atoms with van der Waals surface area (Å²) in [5.41, 5.74) is -0.606. The fraction of sp³-hybridized carbons (Fsp3) is 0.600. The van der Waals surface area contributed by atoms with Crippen molar-refractivity contribution in [2.24, 2.45) is 10.9 Å². The molecule has 1 aromatic rings. The first-order valence-electron chi connectivity index (χ1n) is 10.1. The van der Waals surface area contributed by atoms with Gasteiger partial charge in [-0.2, -0.15) is 18.2 Å². The molecule has 0 aromatic heterocycles. The molecule has 2 saturated heterocycles. The van der Waals surface area contributed by atoms with Crippen LogP contribution in [0.25, 0.3) is 0 Å². The number of nitrogens with zero attached hydrogens (tertiary/aromatic N) is 2. The van der Waals surface area contributed by atoms with Crippen molar-refractivity contribution in [2.75, 3.05) is 16.4 Å². The van der Waals surface area contributed by atoms with Crippen LogP contribution in [0, 0.1) is 5.92 Å². The van der Waals surface area contributed by atoms with Gasteiger partial charge in [-0.1, -0.05) is 43.5 Å². The topological polar surface area (TPSA) is 66.8 Å². The summed E-state index contributed by atoms with van der Waals surface area (Å²) in [6, 6.07) is 4.23. The summed E-state index contributed by atoms with van der Waals surface area (Å²) in [6.45, 7) is 0. The van der Waals surface area contributed by atoms with Gasteiger partial charge in [0.2, 0.25) is 5.91 Å². The van der Waals surface area contributed by atoms with Crippen molar-refractivity contribution in [1.82, 2.24) is 0 Å². The number of amides is 1. The van der Waals surface area contributed by atoms with Crippen LogP contribution in [0.15, 0.2) is 29.3 Å². The van der Waals surface area contributed by atoms with Crippen LogP contribution in [0.5, 0.6) is 0 Å². The van der Waals surface area contributed by atoms with E-state index in [1.165, 1.54) is 41.6 Å². The lowest BCUT2D eigenvalue weighted by Gasteiger charge is -2.25. The molecule has 30 heavy (non-hydrogen) atoms. The molecule has 1 aromatic carbocycles. The molecule has 2 aliphatic heterocycles. The summed E-state index contributed by atoms with van der Waals surface area (Å²) in [7, 11) is -3.28. The maximum absolute atomic E-state index is 13.2. The minimum atomic E-state index is -4.52. The Bertz CT molecular complexity index is 956. The molecule has 1 amide bonds. The molecular formula is C20H23F3N2O3S2. The lowest BCUT2D eigenvalue weighted by Crippen LogP contribution is -2.37. The molecule has 0 radical (unpaired) electrons. The molecular weight excluding hydrogens is 437 g/mol. The normalized spacial score (nSPS) is 27.7. The molecule has 0 spiro atoms. The number of benzene rings is 1.